The molecule has 0 fully saturated rings. The normalized spacial score (nSPS) is 9.88. The van der Waals surface area contributed by atoms with Crippen molar-refractivity contribution < 1.29 is 14.3 Å². The van der Waals surface area contributed by atoms with Gasteiger partial charge in [0.1, 0.15) is 5.75 Å². The van der Waals surface area contributed by atoms with Gasteiger partial charge in [0, 0.05) is 11.4 Å². The van der Waals surface area contributed by atoms with Crippen molar-refractivity contribution >= 4 is 40.7 Å². The number of aryl methyl sites for hydroxylation is 1. The van der Waals surface area contributed by atoms with Crippen molar-refractivity contribution in [1.82, 2.24) is 16.2 Å². The van der Waals surface area contributed by atoms with Crippen LogP contribution in [0.2, 0.25) is 5.02 Å². The summed E-state index contributed by atoms with van der Waals surface area (Å²) in [5.74, 6) is -0.166. The Kier molecular flexibility index (Phi) is 7.85. The first kappa shape index (κ1) is 19.7. The van der Waals surface area contributed by atoms with Gasteiger partial charge in [0.05, 0.1) is 0 Å². The van der Waals surface area contributed by atoms with Gasteiger partial charge in [0.2, 0.25) is 5.91 Å². The summed E-state index contributed by atoms with van der Waals surface area (Å²) in [6.45, 7) is -0.209. The van der Waals surface area contributed by atoms with Crippen molar-refractivity contribution in [2.45, 2.75) is 12.8 Å². The minimum Gasteiger partial charge on any atom is -0.484 e. The second-order valence-electron chi connectivity index (χ2n) is 5.28. The van der Waals surface area contributed by atoms with Gasteiger partial charge in [-0.05, 0) is 48.5 Å². The number of hydrazine groups is 1. The molecule has 2 aromatic rings. The lowest BCUT2D eigenvalue weighted by atomic mass is 10.1. The second-order valence-corrected chi connectivity index (χ2v) is 6.12. The Bertz CT molecular complexity index is 754. The van der Waals surface area contributed by atoms with Crippen molar-refractivity contribution in [2.75, 3.05) is 6.61 Å². The predicted octanol–water partition coefficient (Wildman–Crippen LogP) is 2.37. The Labute approximate surface area is 161 Å². The molecule has 2 amide bonds. The average Bonchev–Trinajstić information content (AvgIpc) is 2.65. The molecular formula is C18H18ClN3O3S. The third-order valence-corrected chi connectivity index (χ3v) is 3.69. The van der Waals surface area contributed by atoms with Crippen LogP contribution in [0.25, 0.3) is 0 Å². The first-order valence-electron chi connectivity index (χ1n) is 7.84. The van der Waals surface area contributed by atoms with Crippen LogP contribution in [0.3, 0.4) is 0 Å². The summed E-state index contributed by atoms with van der Waals surface area (Å²) in [7, 11) is 0. The van der Waals surface area contributed by atoms with Crippen LogP contribution < -0.4 is 20.9 Å². The monoisotopic (exact) mass is 391 g/mol. The quantitative estimate of drug-likeness (QED) is 0.520. The highest BCUT2D eigenvalue weighted by molar-refractivity contribution is 7.80. The van der Waals surface area contributed by atoms with Crippen molar-refractivity contribution in [3.05, 3.63) is 65.2 Å². The number of thiocarbonyl (C=S) groups is 1. The molecule has 0 aliphatic rings. The first-order valence-corrected chi connectivity index (χ1v) is 8.62. The zero-order valence-corrected chi connectivity index (χ0v) is 15.4. The van der Waals surface area contributed by atoms with Gasteiger partial charge in [-0.1, -0.05) is 41.9 Å². The van der Waals surface area contributed by atoms with Crippen LogP contribution in [0, 0.1) is 0 Å². The van der Waals surface area contributed by atoms with E-state index in [0.29, 0.717) is 23.6 Å². The van der Waals surface area contributed by atoms with E-state index in [1.807, 2.05) is 30.3 Å². The lowest BCUT2D eigenvalue weighted by Gasteiger charge is -2.11. The number of carbonyl (C=O) groups excluding carboxylic acids is 2. The van der Waals surface area contributed by atoms with E-state index in [9.17, 15) is 9.59 Å². The molecule has 6 nitrogen and oxygen atoms in total. The fourth-order valence-corrected chi connectivity index (χ4v) is 2.26. The van der Waals surface area contributed by atoms with Crippen LogP contribution in [0.5, 0.6) is 5.75 Å². The predicted molar refractivity (Wildman–Crippen MR) is 104 cm³/mol. The van der Waals surface area contributed by atoms with Crippen molar-refractivity contribution in [2.24, 2.45) is 0 Å². The van der Waals surface area contributed by atoms with E-state index in [4.69, 9.17) is 28.6 Å². The molecule has 0 atom stereocenters. The molecule has 0 heterocycles. The molecule has 2 aromatic carbocycles. The lowest BCUT2D eigenvalue weighted by molar-refractivity contribution is -0.124. The summed E-state index contributed by atoms with van der Waals surface area (Å²) in [5.41, 5.74) is 5.87. The number of carbonyl (C=O) groups is 2. The van der Waals surface area contributed by atoms with Crippen molar-refractivity contribution in [3.63, 3.8) is 0 Å². The molecule has 2 rings (SSSR count). The number of halogens is 1. The van der Waals surface area contributed by atoms with Gasteiger partial charge in [0.25, 0.3) is 5.91 Å². The molecule has 0 saturated heterocycles. The third kappa shape index (κ3) is 7.50. The number of amides is 2. The minimum absolute atomic E-state index is 0.0166. The van der Waals surface area contributed by atoms with Gasteiger partial charge in [0.15, 0.2) is 11.7 Å². The number of rotatable bonds is 6. The Morgan fingerprint density at radius 3 is 2.35 bits per heavy atom. The highest BCUT2D eigenvalue weighted by Crippen LogP contribution is 2.15. The Morgan fingerprint density at radius 1 is 0.962 bits per heavy atom. The fourth-order valence-electron chi connectivity index (χ4n) is 1.97. The zero-order chi connectivity index (χ0) is 18.8. The fraction of sp³-hybridized carbons (Fsp3) is 0.167. The number of hydrogen-bond donors (Lipinski definition) is 3. The van der Waals surface area contributed by atoms with E-state index in [-0.39, 0.29) is 17.6 Å². The second kappa shape index (κ2) is 10.4. The van der Waals surface area contributed by atoms with Gasteiger partial charge in [-0.15, -0.1) is 0 Å². The third-order valence-electron chi connectivity index (χ3n) is 3.24. The average molecular weight is 392 g/mol. The summed E-state index contributed by atoms with van der Waals surface area (Å²) in [5, 5.41) is 3.09. The lowest BCUT2D eigenvalue weighted by Crippen LogP contribution is -2.49. The number of benzene rings is 2. The van der Waals surface area contributed by atoms with Crippen LogP contribution in [0.15, 0.2) is 54.6 Å². The molecule has 0 bridgehead atoms. The molecule has 136 valence electrons. The van der Waals surface area contributed by atoms with E-state index in [0.717, 1.165) is 5.56 Å². The molecule has 0 aromatic heterocycles. The van der Waals surface area contributed by atoms with E-state index in [1.54, 1.807) is 24.3 Å². The smallest absolute Gasteiger partial charge is 0.276 e. The van der Waals surface area contributed by atoms with Gasteiger partial charge in [-0.2, -0.15) is 0 Å². The van der Waals surface area contributed by atoms with Crippen LogP contribution in [0.4, 0.5) is 0 Å². The van der Waals surface area contributed by atoms with E-state index in [2.05, 4.69) is 16.2 Å². The Morgan fingerprint density at radius 2 is 1.65 bits per heavy atom. The first-order chi connectivity index (χ1) is 12.5. The largest absolute Gasteiger partial charge is 0.484 e. The number of nitrogens with one attached hydrogen (secondary N) is 3. The molecule has 0 saturated carbocycles. The molecular weight excluding hydrogens is 374 g/mol. The molecule has 3 N–H and O–H groups in total. The maximum atomic E-state index is 11.8. The molecule has 0 radical (unpaired) electrons. The Balaban J connectivity index is 1.62. The van der Waals surface area contributed by atoms with Crippen molar-refractivity contribution in [3.8, 4) is 5.75 Å². The van der Waals surface area contributed by atoms with Gasteiger partial charge in [-0.3, -0.25) is 20.4 Å². The van der Waals surface area contributed by atoms with Crippen LogP contribution in [-0.2, 0) is 16.0 Å². The van der Waals surface area contributed by atoms with E-state index in [1.165, 1.54) is 0 Å². The highest BCUT2D eigenvalue weighted by atomic mass is 35.5. The summed E-state index contributed by atoms with van der Waals surface area (Å²) in [6, 6.07) is 16.3. The molecule has 0 unspecified atom stereocenters. The zero-order valence-electron chi connectivity index (χ0n) is 13.8. The Hall–Kier alpha value is -2.64. The molecule has 0 spiro atoms. The summed E-state index contributed by atoms with van der Waals surface area (Å²) in [6.07, 6.45) is 0.899. The van der Waals surface area contributed by atoms with Gasteiger partial charge < -0.3 is 10.1 Å². The molecule has 26 heavy (non-hydrogen) atoms. The molecule has 8 heteroatoms. The molecule has 0 aliphatic carbocycles. The van der Waals surface area contributed by atoms with Crippen LogP contribution in [0.1, 0.15) is 12.0 Å². The van der Waals surface area contributed by atoms with E-state index < -0.39 is 5.91 Å². The van der Waals surface area contributed by atoms with Crippen LogP contribution >= 0.6 is 23.8 Å². The maximum Gasteiger partial charge on any atom is 0.276 e. The standard InChI is InChI=1S/C18H18ClN3O3S/c19-14-7-9-15(10-8-14)25-12-17(24)21-22-18(26)20-16(23)11-6-13-4-2-1-3-5-13/h1-5,7-10H,6,11-12H2,(H,21,24)(H2,20,22,23,26). The number of ether oxygens (including phenoxy) is 1. The minimum atomic E-state index is -0.444. The van der Waals surface area contributed by atoms with Gasteiger partial charge >= 0.3 is 0 Å². The summed E-state index contributed by atoms with van der Waals surface area (Å²) in [4.78, 5) is 23.5. The topological polar surface area (TPSA) is 79.5 Å². The summed E-state index contributed by atoms with van der Waals surface area (Å²) >= 11 is 10.7. The maximum absolute atomic E-state index is 11.8. The molecule has 0 aliphatic heterocycles. The summed E-state index contributed by atoms with van der Waals surface area (Å²) < 4.78 is 5.28. The van der Waals surface area contributed by atoms with Gasteiger partial charge in [-0.25, -0.2) is 0 Å². The SMILES string of the molecule is O=C(COc1ccc(Cl)cc1)NNC(=S)NC(=O)CCc1ccccc1. The van der Waals surface area contributed by atoms with E-state index >= 15 is 0 Å². The highest BCUT2D eigenvalue weighted by Gasteiger charge is 2.07. The van der Waals surface area contributed by atoms with Crippen molar-refractivity contribution in [1.29, 1.82) is 0 Å². The number of hydrogen-bond acceptors (Lipinski definition) is 4. The van der Waals surface area contributed by atoms with Crippen LogP contribution in [-0.4, -0.2) is 23.5 Å².